The number of rotatable bonds is 4. The predicted octanol–water partition coefficient (Wildman–Crippen LogP) is 7.39. The van der Waals surface area contributed by atoms with Gasteiger partial charge in [0.1, 0.15) is 5.60 Å². The summed E-state index contributed by atoms with van der Waals surface area (Å²) in [6, 6.07) is 11.5. The topological polar surface area (TPSA) is 81.4 Å². The molecule has 7 nitrogen and oxygen atoms in total. The summed E-state index contributed by atoms with van der Waals surface area (Å²) in [5.74, 6) is -2.72. The number of pyridine rings is 1. The summed E-state index contributed by atoms with van der Waals surface area (Å²) in [5.41, 5.74) is 3.64. The fourth-order valence-corrected chi connectivity index (χ4v) is 5.83. The van der Waals surface area contributed by atoms with Crippen LogP contribution in [0.1, 0.15) is 69.2 Å². The van der Waals surface area contributed by atoms with Crippen molar-refractivity contribution in [2.24, 2.45) is 0 Å². The Bertz CT molecular complexity index is 1690. The number of ether oxygens (including phenoxy) is 1. The number of alkyl halides is 2. The van der Waals surface area contributed by atoms with Gasteiger partial charge >= 0.3 is 6.09 Å². The zero-order valence-corrected chi connectivity index (χ0v) is 23.6. The lowest BCUT2D eigenvalue weighted by atomic mass is 9.69. The Morgan fingerprint density at radius 1 is 1.12 bits per heavy atom. The summed E-state index contributed by atoms with van der Waals surface area (Å²) < 4.78 is 35.5. The SMILES string of the molecule is Cc1cc2ncc3cc(C4C=CC=CCC4)c(-c4ccc(C5(NC(=O)OC(C)(C)C)CC(F)(F)C5)cc4)nc3n2n1. The van der Waals surface area contributed by atoms with Crippen molar-refractivity contribution in [3.05, 3.63) is 83.7 Å². The summed E-state index contributed by atoms with van der Waals surface area (Å²) in [6.07, 6.45) is 10.5. The Labute approximate surface area is 237 Å². The summed E-state index contributed by atoms with van der Waals surface area (Å²) >= 11 is 0. The number of nitrogens with zero attached hydrogens (tertiary/aromatic N) is 4. The first-order valence-corrected chi connectivity index (χ1v) is 13.9. The van der Waals surface area contributed by atoms with Crippen molar-refractivity contribution >= 4 is 22.8 Å². The van der Waals surface area contributed by atoms with Crippen LogP contribution in [0.5, 0.6) is 0 Å². The number of aromatic nitrogens is 4. The van der Waals surface area contributed by atoms with Crippen LogP contribution < -0.4 is 5.32 Å². The fraction of sp³-hybridized carbons (Fsp3) is 0.375. The van der Waals surface area contributed by atoms with E-state index in [1.807, 2.05) is 43.5 Å². The molecule has 1 amide bonds. The zero-order chi connectivity index (χ0) is 29.0. The van der Waals surface area contributed by atoms with Crippen LogP contribution in [0, 0.1) is 6.92 Å². The van der Waals surface area contributed by atoms with Gasteiger partial charge in [0.05, 0.1) is 16.9 Å². The van der Waals surface area contributed by atoms with E-state index in [2.05, 4.69) is 45.8 Å². The number of hydrogen-bond acceptors (Lipinski definition) is 5. The zero-order valence-electron chi connectivity index (χ0n) is 23.6. The molecule has 0 aliphatic heterocycles. The molecule has 9 heteroatoms. The van der Waals surface area contributed by atoms with Gasteiger partial charge in [0.15, 0.2) is 11.3 Å². The van der Waals surface area contributed by atoms with E-state index < -0.39 is 36.0 Å². The number of aryl methyl sites for hydroxylation is 1. The number of benzene rings is 1. The smallest absolute Gasteiger partial charge is 0.408 e. The largest absolute Gasteiger partial charge is 0.444 e. The molecule has 4 aromatic rings. The number of amides is 1. The van der Waals surface area contributed by atoms with E-state index >= 15 is 0 Å². The first kappa shape index (κ1) is 27.1. The van der Waals surface area contributed by atoms with E-state index in [-0.39, 0.29) is 5.92 Å². The number of nitrogens with one attached hydrogen (secondary N) is 1. The number of fused-ring (bicyclic) bond motifs is 3. The van der Waals surface area contributed by atoms with Crippen molar-refractivity contribution in [2.75, 3.05) is 0 Å². The van der Waals surface area contributed by atoms with Gasteiger partial charge < -0.3 is 10.1 Å². The minimum absolute atomic E-state index is 0.136. The predicted molar refractivity (Wildman–Crippen MR) is 154 cm³/mol. The molecule has 3 heterocycles. The highest BCUT2D eigenvalue weighted by Gasteiger charge is 2.58. The first-order valence-electron chi connectivity index (χ1n) is 13.9. The summed E-state index contributed by atoms with van der Waals surface area (Å²) in [6.45, 7) is 7.14. The third kappa shape index (κ3) is 5.33. The Morgan fingerprint density at radius 2 is 1.88 bits per heavy atom. The Balaban J connectivity index is 1.42. The second-order valence-corrected chi connectivity index (χ2v) is 12.1. The molecule has 1 atom stereocenters. The van der Waals surface area contributed by atoms with Crippen LogP contribution in [-0.2, 0) is 10.3 Å². The number of carbonyl (C=O) groups excluding carboxylic acids is 1. The molecule has 3 aromatic heterocycles. The molecule has 0 radical (unpaired) electrons. The van der Waals surface area contributed by atoms with E-state index in [0.29, 0.717) is 11.2 Å². The average Bonchev–Trinajstić information content (AvgIpc) is 3.07. The molecule has 212 valence electrons. The summed E-state index contributed by atoms with van der Waals surface area (Å²) in [7, 11) is 0. The normalized spacial score (nSPS) is 19.6. The maximum Gasteiger partial charge on any atom is 0.408 e. The van der Waals surface area contributed by atoms with Gasteiger partial charge in [0.2, 0.25) is 0 Å². The lowest BCUT2D eigenvalue weighted by Gasteiger charge is -2.48. The Hall–Kier alpha value is -4.14. The molecule has 1 saturated carbocycles. The van der Waals surface area contributed by atoms with Crippen LogP contribution in [0.15, 0.2) is 66.9 Å². The van der Waals surface area contributed by atoms with Crippen LogP contribution in [0.4, 0.5) is 13.6 Å². The molecule has 0 spiro atoms. The van der Waals surface area contributed by atoms with Gasteiger partial charge in [0, 0.05) is 42.0 Å². The number of carbonyl (C=O) groups is 1. The highest BCUT2D eigenvalue weighted by molar-refractivity contribution is 5.82. The lowest BCUT2D eigenvalue weighted by Crippen LogP contribution is -2.60. The minimum atomic E-state index is -2.86. The average molecular weight is 558 g/mol. The maximum atomic E-state index is 14.2. The Kier molecular flexibility index (Phi) is 6.43. The van der Waals surface area contributed by atoms with Crippen molar-refractivity contribution in [1.82, 2.24) is 24.9 Å². The molecule has 2 aliphatic rings. The van der Waals surface area contributed by atoms with Gasteiger partial charge in [-0.2, -0.15) is 9.61 Å². The molecule has 41 heavy (non-hydrogen) atoms. The molecule has 1 unspecified atom stereocenters. The monoisotopic (exact) mass is 557 g/mol. The van der Waals surface area contributed by atoms with Gasteiger partial charge in [-0.25, -0.2) is 23.5 Å². The lowest BCUT2D eigenvalue weighted by molar-refractivity contribution is -0.136. The quantitative estimate of drug-likeness (QED) is 0.283. The van der Waals surface area contributed by atoms with Crippen LogP contribution in [0.25, 0.3) is 27.9 Å². The van der Waals surface area contributed by atoms with Gasteiger partial charge in [-0.1, -0.05) is 48.6 Å². The van der Waals surface area contributed by atoms with Crippen molar-refractivity contribution < 1.29 is 18.3 Å². The van der Waals surface area contributed by atoms with Crippen LogP contribution in [0.3, 0.4) is 0 Å². The maximum absolute atomic E-state index is 14.2. The van der Waals surface area contributed by atoms with Crippen molar-refractivity contribution in [2.45, 2.75) is 76.4 Å². The van der Waals surface area contributed by atoms with E-state index in [4.69, 9.17) is 9.72 Å². The standard InChI is InChI=1S/C32H33F2N5O2/c1-20-15-26-35-17-23-16-25(21-9-7-5-6-8-10-21)27(36-28(23)39(26)38-20)22-11-13-24(14-12-22)31(18-32(33,34)19-31)37-29(40)41-30(2,3)4/h5-7,9,11-17,21H,8,10,18-19H2,1-4H3,(H,37,40). The molecule has 1 N–H and O–H groups in total. The van der Waals surface area contributed by atoms with Crippen LogP contribution >= 0.6 is 0 Å². The van der Waals surface area contributed by atoms with Gasteiger partial charge in [-0.05, 0) is 57.7 Å². The number of halogens is 2. The minimum Gasteiger partial charge on any atom is -0.444 e. The summed E-state index contributed by atoms with van der Waals surface area (Å²) in [4.78, 5) is 22.3. The second-order valence-electron chi connectivity index (χ2n) is 12.1. The van der Waals surface area contributed by atoms with E-state index in [9.17, 15) is 13.6 Å². The number of hydrogen-bond donors (Lipinski definition) is 1. The summed E-state index contributed by atoms with van der Waals surface area (Å²) in [5, 5.41) is 8.24. The number of alkyl carbamates (subject to hydrolysis) is 1. The van der Waals surface area contributed by atoms with Gasteiger partial charge in [-0.3, -0.25) is 0 Å². The van der Waals surface area contributed by atoms with Gasteiger partial charge in [0.25, 0.3) is 5.92 Å². The third-order valence-electron chi connectivity index (χ3n) is 7.62. The van der Waals surface area contributed by atoms with Crippen molar-refractivity contribution in [3.8, 4) is 11.3 Å². The van der Waals surface area contributed by atoms with E-state index in [0.717, 1.165) is 46.4 Å². The highest BCUT2D eigenvalue weighted by atomic mass is 19.3. The van der Waals surface area contributed by atoms with Crippen molar-refractivity contribution in [3.63, 3.8) is 0 Å². The fourth-order valence-electron chi connectivity index (χ4n) is 5.83. The van der Waals surface area contributed by atoms with E-state index in [1.165, 1.54) is 0 Å². The molecule has 1 fully saturated rings. The third-order valence-corrected chi connectivity index (χ3v) is 7.62. The molecule has 0 saturated heterocycles. The van der Waals surface area contributed by atoms with Crippen molar-refractivity contribution in [1.29, 1.82) is 0 Å². The molecular weight excluding hydrogens is 524 g/mol. The molecule has 6 rings (SSSR count). The van der Waals surface area contributed by atoms with Crippen LogP contribution in [-0.4, -0.2) is 37.2 Å². The molecular formula is C32H33F2N5O2. The van der Waals surface area contributed by atoms with E-state index in [1.54, 1.807) is 25.3 Å². The molecule has 1 aromatic carbocycles. The molecule has 2 aliphatic carbocycles. The molecule has 0 bridgehead atoms. The van der Waals surface area contributed by atoms with Crippen LogP contribution in [0.2, 0.25) is 0 Å². The highest BCUT2D eigenvalue weighted by Crippen LogP contribution is 2.52. The number of allylic oxidation sites excluding steroid dienone is 4. The first-order chi connectivity index (χ1) is 19.4. The second kappa shape index (κ2) is 9.75. The Morgan fingerprint density at radius 3 is 2.59 bits per heavy atom. The van der Waals surface area contributed by atoms with Gasteiger partial charge in [-0.15, -0.1) is 0 Å².